The molecular weight excluding hydrogens is 486 g/mol. The quantitative estimate of drug-likeness (QED) is 0.386. The fraction of sp³-hybridized carbons (Fsp3) is 0.318. The first kappa shape index (κ1) is 24.7. The van der Waals surface area contributed by atoms with Crippen LogP contribution >= 0.6 is 27.5 Å². The van der Waals surface area contributed by atoms with Crippen molar-refractivity contribution in [2.24, 2.45) is 11.0 Å². The van der Waals surface area contributed by atoms with E-state index in [1.54, 1.807) is 43.5 Å². The summed E-state index contributed by atoms with van der Waals surface area (Å²) in [4.78, 5) is 25.1. The molecule has 9 heteroatoms. The molecule has 0 heterocycles. The Bertz CT molecular complexity index is 966. The highest BCUT2D eigenvalue weighted by Crippen LogP contribution is 2.36. The van der Waals surface area contributed by atoms with Crippen LogP contribution in [0.3, 0.4) is 0 Å². The molecular formula is C22H25BrClN3O4. The van der Waals surface area contributed by atoms with Crippen molar-refractivity contribution in [1.29, 1.82) is 0 Å². The second kappa shape index (κ2) is 11.7. The van der Waals surface area contributed by atoms with Gasteiger partial charge in [-0.1, -0.05) is 31.5 Å². The number of carbonyl (C=O) groups is 2. The summed E-state index contributed by atoms with van der Waals surface area (Å²) in [6.45, 7) is 6.05. The standard InChI is InChI=1S/C22H25BrClN3O4/c1-5-31-20-17(23)9-14(10-18(20)30-4)12-25-27-22(29)19(13(2)3)26-21(28)15-7-6-8-16(24)11-15/h6-13,19H,5H2,1-4H3,(H,26,28)(H,27,29)/b25-12-. The Kier molecular flexibility index (Phi) is 9.33. The number of nitrogens with zero attached hydrogens (tertiary/aromatic N) is 1. The molecule has 31 heavy (non-hydrogen) atoms. The van der Waals surface area contributed by atoms with Gasteiger partial charge in [0.25, 0.3) is 11.8 Å². The largest absolute Gasteiger partial charge is 0.493 e. The zero-order chi connectivity index (χ0) is 23.0. The molecule has 166 valence electrons. The summed E-state index contributed by atoms with van der Waals surface area (Å²) in [5, 5.41) is 7.19. The van der Waals surface area contributed by atoms with Crippen molar-refractivity contribution in [3.63, 3.8) is 0 Å². The van der Waals surface area contributed by atoms with Crippen molar-refractivity contribution in [3.05, 3.63) is 57.0 Å². The van der Waals surface area contributed by atoms with Crippen LogP contribution in [0.1, 0.15) is 36.7 Å². The van der Waals surface area contributed by atoms with E-state index in [4.69, 9.17) is 21.1 Å². The van der Waals surface area contributed by atoms with Gasteiger partial charge in [-0.15, -0.1) is 0 Å². The maximum absolute atomic E-state index is 12.6. The van der Waals surface area contributed by atoms with Crippen LogP contribution in [0, 0.1) is 5.92 Å². The minimum absolute atomic E-state index is 0.155. The van der Waals surface area contributed by atoms with Gasteiger partial charge >= 0.3 is 0 Å². The van der Waals surface area contributed by atoms with E-state index in [-0.39, 0.29) is 11.8 Å². The zero-order valence-electron chi connectivity index (χ0n) is 17.7. The number of hydrogen-bond acceptors (Lipinski definition) is 5. The monoisotopic (exact) mass is 509 g/mol. The van der Waals surface area contributed by atoms with Gasteiger partial charge in [0, 0.05) is 10.6 Å². The number of benzene rings is 2. The summed E-state index contributed by atoms with van der Waals surface area (Å²) in [5.41, 5.74) is 3.55. The van der Waals surface area contributed by atoms with E-state index in [9.17, 15) is 9.59 Å². The second-order valence-corrected chi connectivity index (χ2v) is 8.20. The SMILES string of the molecule is CCOc1c(Br)cc(/C=N\NC(=O)C(NC(=O)c2cccc(Cl)c2)C(C)C)cc1OC. The lowest BCUT2D eigenvalue weighted by molar-refractivity contribution is -0.123. The molecule has 0 radical (unpaired) electrons. The lowest BCUT2D eigenvalue weighted by Gasteiger charge is -2.20. The zero-order valence-corrected chi connectivity index (χ0v) is 20.1. The minimum Gasteiger partial charge on any atom is -0.493 e. The van der Waals surface area contributed by atoms with Gasteiger partial charge in [-0.25, -0.2) is 5.43 Å². The number of methoxy groups -OCH3 is 1. The molecule has 7 nitrogen and oxygen atoms in total. The van der Waals surface area contributed by atoms with Gasteiger partial charge in [-0.3, -0.25) is 9.59 Å². The van der Waals surface area contributed by atoms with Crippen LogP contribution in [-0.4, -0.2) is 37.8 Å². The van der Waals surface area contributed by atoms with Crippen LogP contribution in [0.2, 0.25) is 5.02 Å². The third kappa shape index (κ3) is 6.97. The summed E-state index contributed by atoms with van der Waals surface area (Å²) in [6.07, 6.45) is 1.48. The van der Waals surface area contributed by atoms with Crippen molar-refractivity contribution >= 4 is 45.6 Å². The van der Waals surface area contributed by atoms with Crippen LogP contribution < -0.4 is 20.2 Å². The Hall–Kier alpha value is -2.58. The number of hydrogen-bond donors (Lipinski definition) is 2. The first-order valence-corrected chi connectivity index (χ1v) is 10.8. The number of amides is 2. The smallest absolute Gasteiger partial charge is 0.262 e. The van der Waals surface area contributed by atoms with E-state index in [2.05, 4.69) is 31.8 Å². The van der Waals surface area contributed by atoms with E-state index in [0.29, 0.717) is 38.7 Å². The highest BCUT2D eigenvalue weighted by molar-refractivity contribution is 9.10. The van der Waals surface area contributed by atoms with Crippen molar-refractivity contribution in [1.82, 2.24) is 10.7 Å². The summed E-state index contributed by atoms with van der Waals surface area (Å²) < 4.78 is 11.6. The molecule has 0 bridgehead atoms. The minimum atomic E-state index is -0.773. The predicted octanol–water partition coefficient (Wildman–Crippen LogP) is 4.41. The summed E-state index contributed by atoms with van der Waals surface area (Å²) in [7, 11) is 1.54. The molecule has 2 amide bonds. The lowest BCUT2D eigenvalue weighted by atomic mass is 10.0. The molecule has 0 saturated carbocycles. The highest BCUT2D eigenvalue weighted by Gasteiger charge is 2.24. The molecule has 0 fully saturated rings. The Labute approximate surface area is 195 Å². The molecule has 0 aliphatic rings. The predicted molar refractivity (Wildman–Crippen MR) is 125 cm³/mol. The highest BCUT2D eigenvalue weighted by atomic mass is 79.9. The molecule has 1 unspecified atom stereocenters. The van der Waals surface area contributed by atoms with Crippen molar-refractivity contribution in [2.75, 3.05) is 13.7 Å². The summed E-state index contributed by atoms with van der Waals surface area (Å²) >= 11 is 9.39. The van der Waals surface area contributed by atoms with Crippen LogP contribution in [0.25, 0.3) is 0 Å². The normalized spacial score (nSPS) is 12.0. The Morgan fingerprint density at radius 1 is 1.26 bits per heavy atom. The average molecular weight is 511 g/mol. The van der Waals surface area contributed by atoms with E-state index in [1.807, 2.05) is 20.8 Å². The Balaban J connectivity index is 2.08. The number of rotatable bonds is 9. The van der Waals surface area contributed by atoms with E-state index in [0.717, 1.165) is 0 Å². The summed E-state index contributed by atoms with van der Waals surface area (Å²) in [6, 6.07) is 9.29. The van der Waals surface area contributed by atoms with Gasteiger partial charge in [-0.2, -0.15) is 5.10 Å². The maximum Gasteiger partial charge on any atom is 0.262 e. The fourth-order valence-corrected chi connectivity index (χ4v) is 3.49. The second-order valence-electron chi connectivity index (χ2n) is 6.91. The van der Waals surface area contributed by atoms with Gasteiger partial charge in [0.15, 0.2) is 11.5 Å². The first-order chi connectivity index (χ1) is 14.8. The lowest BCUT2D eigenvalue weighted by Crippen LogP contribution is -2.48. The Morgan fingerprint density at radius 3 is 2.61 bits per heavy atom. The number of halogens is 2. The fourth-order valence-electron chi connectivity index (χ4n) is 2.73. The van der Waals surface area contributed by atoms with Crippen molar-refractivity contribution in [3.8, 4) is 11.5 Å². The molecule has 0 spiro atoms. The number of hydrazone groups is 1. The van der Waals surface area contributed by atoms with Crippen LogP contribution in [0.4, 0.5) is 0 Å². The number of nitrogens with one attached hydrogen (secondary N) is 2. The van der Waals surface area contributed by atoms with Gasteiger partial charge in [0.05, 0.1) is 24.4 Å². The third-order valence-electron chi connectivity index (χ3n) is 4.25. The van der Waals surface area contributed by atoms with Gasteiger partial charge in [-0.05, 0) is 64.7 Å². The van der Waals surface area contributed by atoms with Gasteiger partial charge < -0.3 is 14.8 Å². The van der Waals surface area contributed by atoms with Crippen LogP contribution in [0.15, 0.2) is 46.0 Å². The van der Waals surface area contributed by atoms with E-state index in [1.165, 1.54) is 6.21 Å². The molecule has 0 aliphatic carbocycles. The van der Waals surface area contributed by atoms with Crippen LogP contribution in [-0.2, 0) is 4.79 Å². The molecule has 2 rings (SSSR count). The number of ether oxygens (including phenoxy) is 2. The molecule has 2 aromatic rings. The molecule has 1 atom stereocenters. The maximum atomic E-state index is 12.6. The molecule has 2 N–H and O–H groups in total. The number of carbonyl (C=O) groups excluding carboxylic acids is 2. The van der Waals surface area contributed by atoms with Crippen LogP contribution in [0.5, 0.6) is 11.5 Å². The Morgan fingerprint density at radius 2 is 2.00 bits per heavy atom. The summed E-state index contributed by atoms with van der Waals surface area (Å²) in [5.74, 6) is 0.157. The average Bonchev–Trinajstić information content (AvgIpc) is 2.73. The van der Waals surface area contributed by atoms with E-state index < -0.39 is 11.9 Å². The molecule has 0 aromatic heterocycles. The molecule has 2 aromatic carbocycles. The van der Waals surface area contributed by atoms with Crippen molar-refractivity contribution < 1.29 is 19.1 Å². The van der Waals surface area contributed by atoms with E-state index >= 15 is 0 Å². The topological polar surface area (TPSA) is 89.0 Å². The molecule has 0 saturated heterocycles. The van der Waals surface area contributed by atoms with Gasteiger partial charge in [0.2, 0.25) is 0 Å². The molecule has 0 aliphatic heterocycles. The third-order valence-corrected chi connectivity index (χ3v) is 5.08. The van der Waals surface area contributed by atoms with Gasteiger partial charge in [0.1, 0.15) is 6.04 Å². The first-order valence-electron chi connectivity index (χ1n) is 9.66. The van der Waals surface area contributed by atoms with Crippen molar-refractivity contribution in [2.45, 2.75) is 26.8 Å².